The molecule has 0 bridgehead atoms. The molecule has 128 valence electrons. The smallest absolute Gasteiger partial charge is 0.252 e. The number of aliphatic hydroxyl groups excluding tert-OH is 1. The number of nitrogens with zero attached hydrogens (tertiary/aromatic N) is 2. The Morgan fingerprint density at radius 1 is 1.26 bits per heavy atom. The van der Waals surface area contributed by atoms with Crippen molar-refractivity contribution in [3.8, 4) is 0 Å². The van der Waals surface area contributed by atoms with Crippen LogP contribution in [-0.2, 0) is 0 Å². The summed E-state index contributed by atoms with van der Waals surface area (Å²) >= 11 is 0. The number of hydrogen-bond acceptors (Lipinski definition) is 4. The number of carbonyl (C=O) groups excluding carboxylic acids is 1. The van der Waals surface area contributed by atoms with Gasteiger partial charge in [-0.1, -0.05) is 33.6 Å². The van der Waals surface area contributed by atoms with Crippen LogP contribution in [0.3, 0.4) is 0 Å². The van der Waals surface area contributed by atoms with Crippen LogP contribution in [0.1, 0.15) is 56.8 Å². The fraction of sp³-hybridized carbons (Fsp3) is 0.667. The summed E-state index contributed by atoms with van der Waals surface area (Å²) in [5, 5.41) is 12.8. The van der Waals surface area contributed by atoms with E-state index in [1.165, 1.54) is 25.7 Å². The zero-order valence-corrected chi connectivity index (χ0v) is 14.5. The van der Waals surface area contributed by atoms with Crippen molar-refractivity contribution in [1.29, 1.82) is 0 Å². The molecule has 2 heterocycles. The van der Waals surface area contributed by atoms with Gasteiger partial charge >= 0.3 is 0 Å². The van der Waals surface area contributed by atoms with Gasteiger partial charge in [0, 0.05) is 25.8 Å². The Kier molecular flexibility index (Phi) is 5.99. The summed E-state index contributed by atoms with van der Waals surface area (Å²) in [6.07, 6.45) is 6.03. The third-order valence-electron chi connectivity index (χ3n) is 4.40. The highest BCUT2D eigenvalue weighted by molar-refractivity contribution is 5.94. The molecule has 5 heteroatoms. The molecule has 1 aromatic heterocycles. The van der Waals surface area contributed by atoms with Crippen molar-refractivity contribution in [2.24, 2.45) is 5.41 Å². The molecule has 1 aliphatic rings. The second-order valence-electron chi connectivity index (χ2n) is 7.40. The van der Waals surface area contributed by atoms with Crippen LogP contribution in [0.5, 0.6) is 0 Å². The Hall–Kier alpha value is -1.62. The third-order valence-corrected chi connectivity index (χ3v) is 4.40. The Morgan fingerprint density at radius 3 is 2.43 bits per heavy atom. The summed E-state index contributed by atoms with van der Waals surface area (Å²) in [5.74, 6) is 0.751. The lowest BCUT2D eigenvalue weighted by molar-refractivity contribution is 0.0587. The van der Waals surface area contributed by atoms with Crippen LogP contribution < -0.4 is 10.2 Å². The molecule has 1 atom stereocenters. The molecule has 1 fully saturated rings. The average Bonchev–Trinajstić information content (AvgIpc) is 2.80. The van der Waals surface area contributed by atoms with Crippen LogP contribution in [0.4, 0.5) is 5.82 Å². The highest BCUT2D eigenvalue weighted by Crippen LogP contribution is 2.19. The molecule has 5 nitrogen and oxygen atoms in total. The molecule has 0 saturated carbocycles. The molecular formula is C18H29N3O2. The van der Waals surface area contributed by atoms with Gasteiger partial charge in [-0.25, -0.2) is 4.98 Å². The Bertz CT molecular complexity index is 500. The predicted molar refractivity (Wildman–Crippen MR) is 92.7 cm³/mol. The molecule has 1 saturated heterocycles. The second-order valence-corrected chi connectivity index (χ2v) is 7.40. The van der Waals surface area contributed by atoms with E-state index in [1.807, 2.05) is 32.9 Å². The van der Waals surface area contributed by atoms with E-state index >= 15 is 0 Å². The van der Waals surface area contributed by atoms with Gasteiger partial charge < -0.3 is 15.3 Å². The normalized spacial score (nSPS) is 17.5. The highest BCUT2D eigenvalue weighted by Gasteiger charge is 2.22. The number of amides is 1. The number of rotatable bonds is 4. The molecule has 0 spiro atoms. The molecule has 1 unspecified atom stereocenters. The molecule has 2 rings (SSSR count). The summed E-state index contributed by atoms with van der Waals surface area (Å²) in [4.78, 5) is 18.9. The quantitative estimate of drug-likeness (QED) is 0.895. The molecule has 0 aromatic carbocycles. The molecule has 1 aromatic rings. The first-order valence-corrected chi connectivity index (χ1v) is 8.55. The molecule has 2 N–H and O–H groups in total. The first kappa shape index (κ1) is 17.7. The van der Waals surface area contributed by atoms with Gasteiger partial charge in [-0.05, 0) is 30.4 Å². The molecular weight excluding hydrogens is 290 g/mol. The van der Waals surface area contributed by atoms with Gasteiger partial charge in [-0.2, -0.15) is 0 Å². The van der Waals surface area contributed by atoms with Gasteiger partial charge in [0.2, 0.25) is 0 Å². The van der Waals surface area contributed by atoms with Gasteiger partial charge in [-0.3, -0.25) is 4.79 Å². The van der Waals surface area contributed by atoms with E-state index in [1.54, 1.807) is 6.20 Å². The zero-order valence-electron chi connectivity index (χ0n) is 14.5. The monoisotopic (exact) mass is 319 g/mol. The maximum absolute atomic E-state index is 12.1. The van der Waals surface area contributed by atoms with Gasteiger partial charge in [-0.15, -0.1) is 0 Å². The Labute approximate surface area is 139 Å². The van der Waals surface area contributed by atoms with Crippen LogP contribution in [0.25, 0.3) is 0 Å². The van der Waals surface area contributed by atoms with Crippen molar-refractivity contribution >= 4 is 11.7 Å². The van der Waals surface area contributed by atoms with Crippen molar-refractivity contribution in [3.63, 3.8) is 0 Å². The minimum Gasteiger partial charge on any atom is -0.391 e. The predicted octanol–water partition coefficient (Wildman–Crippen LogP) is 2.60. The number of nitrogens with one attached hydrogen (secondary N) is 1. The molecule has 1 amide bonds. The van der Waals surface area contributed by atoms with E-state index < -0.39 is 6.10 Å². The summed E-state index contributed by atoms with van der Waals surface area (Å²) in [6.45, 7) is 8.16. The first-order valence-electron chi connectivity index (χ1n) is 8.55. The molecule has 1 aliphatic heterocycles. The third kappa shape index (κ3) is 5.20. The lowest BCUT2D eigenvalue weighted by Crippen LogP contribution is -2.39. The van der Waals surface area contributed by atoms with Gasteiger partial charge in [0.1, 0.15) is 5.82 Å². The number of anilines is 1. The molecule has 0 radical (unpaired) electrons. The lowest BCUT2D eigenvalue weighted by Gasteiger charge is -2.26. The summed E-state index contributed by atoms with van der Waals surface area (Å²) in [7, 11) is 0. The number of hydrogen-bond donors (Lipinski definition) is 2. The van der Waals surface area contributed by atoms with Gasteiger partial charge in [0.05, 0.1) is 11.7 Å². The molecule has 23 heavy (non-hydrogen) atoms. The minimum atomic E-state index is -0.573. The van der Waals surface area contributed by atoms with Crippen LogP contribution in [-0.4, -0.2) is 41.7 Å². The van der Waals surface area contributed by atoms with E-state index in [-0.39, 0.29) is 17.9 Å². The average molecular weight is 319 g/mol. The Morgan fingerprint density at radius 2 is 1.91 bits per heavy atom. The summed E-state index contributed by atoms with van der Waals surface area (Å²) < 4.78 is 0. The van der Waals surface area contributed by atoms with Crippen LogP contribution >= 0.6 is 0 Å². The van der Waals surface area contributed by atoms with Crippen molar-refractivity contribution in [2.45, 2.75) is 52.6 Å². The SMILES string of the molecule is CC(C)(C)C(O)CNC(=O)c1ccc(N2CCCCCC2)nc1. The van der Waals surface area contributed by atoms with Crippen molar-refractivity contribution < 1.29 is 9.90 Å². The lowest BCUT2D eigenvalue weighted by atomic mass is 9.89. The Balaban J connectivity index is 1.92. The highest BCUT2D eigenvalue weighted by atomic mass is 16.3. The minimum absolute atomic E-state index is 0.191. The van der Waals surface area contributed by atoms with Crippen molar-refractivity contribution in [2.75, 3.05) is 24.5 Å². The summed E-state index contributed by atoms with van der Waals surface area (Å²) in [6, 6.07) is 3.73. The topological polar surface area (TPSA) is 65.5 Å². The van der Waals surface area contributed by atoms with Crippen molar-refractivity contribution in [3.05, 3.63) is 23.9 Å². The van der Waals surface area contributed by atoms with Crippen LogP contribution in [0, 0.1) is 5.41 Å². The largest absolute Gasteiger partial charge is 0.391 e. The van der Waals surface area contributed by atoms with Crippen molar-refractivity contribution in [1.82, 2.24) is 10.3 Å². The van der Waals surface area contributed by atoms with Crippen LogP contribution in [0.2, 0.25) is 0 Å². The van der Waals surface area contributed by atoms with E-state index in [4.69, 9.17) is 0 Å². The second kappa shape index (κ2) is 7.77. The maximum atomic E-state index is 12.1. The van der Waals surface area contributed by atoms with E-state index in [9.17, 15) is 9.90 Å². The van der Waals surface area contributed by atoms with Crippen LogP contribution in [0.15, 0.2) is 18.3 Å². The number of aliphatic hydroxyl groups is 1. The van der Waals surface area contributed by atoms with Gasteiger partial charge in [0.15, 0.2) is 0 Å². The fourth-order valence-electron chi connectivity index (χ4n) is 2.60. The van der Waals surface area contributed by atoms with E-state index in [0.29, 0.717) is 5.56 Å². The number of aromatic nitrogens is 1. The zero-order chi connectivity index (χ0) is 16.9. The van der Waals surface area contributed by atoms with Gasteiger partial charge in [0.25, 0.3) is 5.91 Å². The molecule has 0 aliphatic carbocycles. The number of carbonyl (C=O) groups is 1. The first-order chi connectivity index (χ1) is 10.9. The fourth-order valence-corrected chi connectivity index (χ4v) is 2.60. The van der Waals surface area contributed by atoms with E-state index in [2.05, 4.69) is 15.2 Å². The van der Waals surface area contributed by atoms with E-state index in [0.717, 1.165) is 18.9 Å². The standard InChI is InChI=1S/C18H29N3O2/c1-18(2,3)15(22)13-20-17(23)14-8-9-16(19-12-14)21-10-6-4-5-7-11-21/h8-9,12,15,22H,4-7,10-11,13H2,1-3H3,(H,20,23). The number of pyridine rings is 1. The summed E-state index contributed by atoms with van der Waals surface area (Å²) in [5.41, 5.74) is 0.284. The maximum Gasteiger partial charge on any atom is 0.252 e.